The fraction of sp³-hybridized carbons (Fsp3) is 0.211. The van der Waals surface area contributed by atoms with Crippen molar-refractivity contribution >= 4 is 15.8 Å². The van der Waals surface area contributed by atoms with Crippen molar-refractivity contribution in [3.63, 3.8) is 0 Å². The fourth-order valence-electron chi connectivity index (χ4n) is 2.80. The molecule has 0 aliphatic rings. The van der Waals surface area contributed by atoms with Crippen LogP contribution in [0.5, 0.6) is 5.75 Å². The Kier molecular flexibility index (Phi) is 4.50. The first-order chi connectivity index (χ1) is 12.2. The third-order valence-electron chi connectivity index (χ3n) is 4.14. The van der Waals surface area contributed by atoms with Gasteiger partial charge in [0.05, 0.1) is 11.4 Å². The van der Waals surface area contributed by atoms with E-state index >= 15 is 0 Å². The van der Waals surface area contributed by atoms with Crippen LogP contribution in [0.15, 0.2) is 45.8 Å². The fourth-order valence-corrected chi connectivity index (χ4v) is 3.89. The van der Waals surface area contributed by atoms with E-state index < -0.39 is 10.1 Å². The largest absolute Gasteiger partial charge is 0.398 e. The molecule has 0 fully saturated rings. The van der Waals surface area contributed by atoms with Crippen LogP contribution in [0.2, 0.25) is 0 Å². The number of benzene rings is 2. The molecule has 0 spiro atoms. The molecule has 6 nitrogen and oxygen atoms in total. The van der Waals surface area contributed by atoms with Crippen LogP contribution in [0.1, 0.15) is 22.6 Å². The van der Waals surface area contributed by atoms with Gasteiger partial charge in [-0.15, -0.1) is 0 Å². The lowest BCUT2D eigenvalue weighted by Crippen LogP contribution is -2.13. The highest BCUT2D eigenvalue weighted by atomic mass is 32.2. The van der Waals surface area contributed by atoms with Gasteiger partial charge in [-0.2, -0.15) is 8.42 Å². The highest BCUT2D eigenvalue weighted by molar-refractivity contribution is 7.87. The first-order valence-corrected chi connectivity index (χ1v) is 9.44. The van der Waals surface area contributed by atoms with E-state index in [2.05, 4.69) is 5.16 Å². The van der Waals surface area contributed by atoms with Gasteiger partial charge in [-0.3, -0.25) is 0 Å². The molecule has 0 aliphatic carbocycles. The maximum atomic E-state index is 12.7. The van der Waals surface area contributed by atoms with Gasteiger partial charge < -0.3 is 14.4 Å². The Morgan fingerprint density at radius 2 is 1.77 bits per heavy atom. The number of rotatable bonds is 4. The van der Waals surface area contributed by atoms with Gasteiger partial charge in [0.15, 0.2) is 0 Å². The normalized spacial score (nSPS) is 11.5. The number of nitrogens with zero attached hydrogens (tertiary/aromatic N) is 1. The third kappa shape index (κ3) is 3.30. The summed E-state index contributed by atoms with van der Waals surface area (Å²) >= 11 is 0. The molecular formula is C19H20N2O4S. The van der Waals surface area contributed by atoms with Gasteiger partial charge in [-0.05, 0) is 62.6 Å². The van der Waals surface area contributed by atoms with Crippen LogP contribution < -0.4 is 9.92 Å². The standard InChI is InChI=1S/C19H20N2O4S/c1-11-5-8-18(16(20)9-11)26(22,23)25-17-10-15(7-6-12(17)2)19-13(3)21-24-14(19)4/h5-10H,20H2,1-4H3. The summed E-state index contributed by atoms with van der Waals surface area (Å²) in [5.74, 6) is 0.894. The third-order valence-corrected chi connectivity index (χ3v) is 5.45. The van der Waals surface area contributed by atoms with E-state index in [4.69, 9.17) is 14.4 Å². The summed E-state index contributed by atoms with van der Waals surface area (Å²) in [6, 6.07) is 10.1. The average Bonchev–Trinajstić information content (AvgIpc) is 2.88. The zero-order valence-corrected chi connectivity index (χ0v) is 15.8. The Morgan fingerprint density at radius 1 is 1.04 bits per heavy atom. The summed E-state index contributed by atoms with van der Waals surface area (Å²) in [6.07, 6.45) is 0. The van der Waals surface area contributed by atoms with Crippen molar-refractivity contribution in [2.75, 3.05) is 5.73 Å². The zero-order valence-electron chi connectivity index (χ0n) is 15.0. The minimum atomic E-state index is -4.05. The number of hydrogen-bond acceptors (Lipinski definition) is 6. The summed E-state index contributed by atoms with van der Waals surface area (Å²) in [6.45, 7) is 7.25. The van der Waals surface area contributed by atoms with Gasteiger partial charge in [-0.25, -0.2) is 0 Å². The molecule has 3 aromatic rings. The lowest BCUT2D eigenvalue weighted by molar-refractivity contribution is 0.393. The molecule has 3 rings (SSSR count). The van der Waals surface area contributed by atoms with E-state index in [1.807, 2.05) is 19.9 Å². The molecule has 0 atom stereocenters. The first-order valence-electron chi connectivity index (χ1n) is 8.03. The zero-order chi connectivity index (χ0) is 19.1. The second-order valence-corrected chi connectivity index (χ2v) is 7.77. The Hall–Kier alpha value is -2.80. The maximum absolute atomic E-state index is 12.7. The molecule has 0 amide bonds. The van der Waals surface area contributed by atoms with E-state index in [0.29, 0.717) is 11.3 Å². The van der Waals surface area contributed by atoms with Gasteiger partial charge in [0.1, 0.15) is 16.4 Å². The van der Waals surface area contributed by atoms with Gasteiger partial charge >= 0.3 is 10.1 Å². The van der Waals surface area contributed by atoms with Crippen LogP contribution in [-0.4, -0.2) is 13.6 Å². The first kappa shape index (κ1) is 18.0. The average molecular weight is 372 g/mol. The number of hydrogen-bond donors (Lipinski definition) is 1. The molecule has 0 bridgehead atoms. The molecule has 0 radical (unpaired) electrons. The number of aryl methyl sites for hydroxylation is 4. The van der Waals surface area contributed by atoms with E-state index in [0.717, 1.165) is 22.4 Å². The summed E-state index contributed by atoms with van der Waals surface area (Å²) in [7, 11) is -4.05. The van der Waals surface area contributed by atoms with E-state index in [9.17, 15) is 8.42 Å². The summed E-state index contributed by atoms with van der Waals surface area (Å²) in [4.78, 5) is -0.0507. The highest BCUT2D eigenvalue weighted by Gasteiger charge is 2.22. The summed E-state index contributed by atoms with van der Waals surface area (Å²) in [5, 5.41) is 3.94. The molecule has 2 N–H and O–H groups in total. The molecule has 7 heteroatoms. The quantitative estimate of drug-likeness (QED) is 0.551. The molecule has 1 heterocycles. The number of aromatic nitrogens is 1. The van der Waals surface area contributed by atoms with Crippen LogP contribution >= 0.6 is 0 Å². The molecule has 26 heavy (non-hydrogen) atoms. The molecule has 0 saturated heterocycles. The molecule has 0 unspecified atom stereocenters. The van der Waals surface area contributed by atoms with E-state index in [1.54, 1.807) is 38.1 Å². The Morgan fingerprint density at radius 3 is 2.38 bits per heavy atom. The van der Waals surface area contributed by atoms with Crippen molar-refractivity contribution < 1.29 is 17.1 Å². The number of nitrogens with two attached hydrogens (primary N) is 1. The molecule has 0 aliphatic heterocycles. The van der Waals surface area contributed by atoms with Crippen LogP contribution in [0.25, 0.3) is 11.1 Å². The topological polar surface area (TPSA) is 95.4 Å². The smallest absolute Gasteiger partial charge is 0.341 e. The van der Waals surface area contributed by atoms with Crippen LogP contribution in [0.3, 0.4) is 0 Å². The van der Waals surface area contributed by atoms with Crippen LogP contribution in [0, 0.1) is 27.7 Å². The second kappa shape index (κ2) is 6.49. The molecule has 0 saturated carbocycles. The molecule has 1 aromatic heterocycles. The molecular weight excluding hydrogens is 352 g/mol. The predicted octanol–water partition coefficient (Wildman–Crippen LogP) is 3.93. The highest BCUT2D eigenvalue weighted by Crippen LogP contribution is 2.33. The SMILES string of the molecule is Cc1ccc(S(=O)(=O)Oc2cc(-c3c(C)noc3C)ccc2C)c(N)c1. The van der Waals surface area contributed by atoms with Crippen molar-refractivity contribution in [1.29, 1.82) is 0 Å². The van der Waals surface area contributed by atoms with Gasteiger partial charge in [0.2, 0.25) is 0 Å². The minimum absolute atomic E-state index is 0.0507. The van der Waals surface area contributed by atoms with Crippen LogP contribution in [-0.2, 0) is 10.1 Å². The van der Waals surface area contributed by atoms with Crippen molar-refractivity contribution in [2.45, 2.75) is 32.6 Å². The van der Waals surface area contributed by atoms with Crippen LogP contribution in [0.4, 0.5) is 5.69 Å². The van der Waals surface area contributed by atoms with Crippen molar-refractivity contribution in [2.24, 2.45) is 0 Å². The molecule has 2 aromatic carbocycles. The Labute approximate surface area is 152 Å². The van der Waals surface area contributed by atoms with E-state index in [-0.39, 0.29) is 16.3 Å². The van der Waals surface area contributed by atoms with Crippen molar-refractivity contribution in [3.8, 4) is 16.9 Å². The maximum Gasteiger partial charge on any atom is 0.341 e. The number of nitrogen functional groups attached to an aromatic ring is 1. The lowest BCUT2D eigenvalue weighted by Gasteiger charge is -2.13. The van der Waals surface area contributed by atoms with Gasteiger partial charge in [0, 0.05) is 5.56 Å². The van der Waals surface area contributed by atoms with E-state index in [1.165, 1.54) is 6.07 Å². The second-order valence-electron chi connectivity index (χ2n) is 6.26. The predicted molar refractivity (Wildman–Crippen MR) is 99.6 cm³/mol. The Balaban J connectivity index is 2.03. The van der Waals surface area contributed by atoms with Gasteiger partial charge in [0.25, 0.3) is 0 Å². The lowest BCUT2D eigenvalue weighted by atomic mass is 10.0. The van der Waals surface area contributed by atoms with Gasteiger partial charge in [-0.1, -0.05) is 23.4 Å². The number of anilines is 1. The monoisotopic (exact) mass is 372 g/mol. The summed E-state index contributed by atoms with van der Waals surface area (Å²) in [5.41, 5.74) is 9.90. The minimum Gasteiger partial charge on any atom is -0.398 e. The molecule has 136 valence electrons. The van der Waals surface area contributed by atoms with Crippen molar-refractivity contribution in [1.82, 2.24) is 5.16 Å². The van der Waals surface area contributed by atoms with Crippen molar-refractivity contribution in [3.05, 3.63) is 59.0 Å². The summed E-state index contributed by atoms with van der Waals surface area (Å²) < 4.78 is 36.0. The Bertz CT molecular complexity index is 1070.